The lowest BCUT2D eigenvalue weighted by Crippen LogP contribution is -2.41. The Morgan fingerprint density at radius 1 is 1.12 bits per heavy atom. The molecule has 2 N–H and O–H groups in total. The number of rotatable bonds is 7. The highest BCUT2D eigenvalue weighted by molar-refractivity contribution is 7.90. The van der Waals surface area contributed by atoms with E-state index in [2.05, 4.69) is 5.32 Å². The molecule has 24 heavy (non-hydrogen) atoms. The molecule has 0 radical (unpaired) electrons. The highest BCUT2D eigenvalue weighted by atomic mass is 32.2. The van der Waals surface area contributed by atoms with Crippen molar-refractivity contribution in [1.82, 2.24) is 10.6 Å². The maximum absolute atomic E-state index is 11.8. The van der Waals surface area contributed by atoms with E-state index in [1.165, 1.54) is 24.3 Å². The molecule has 0 saturated carbocycles. The number of carbonyl (C=O) groups excluding carboxylic acids is 3. The van der Waals surface area contributed by atoms with E-state index in [1.807, 2.05) is 12.2 Å². The molecule has 1 aromatic rings. The van der Waals surface area contributed by atoms with E-state index in [0.29, 0.717) is 6.54 Å². The number of amides is 3. The molecule has 0 aliphatic carbocycles. The molecule has 0 spiro atoms. The van der Waals surface area contributed by atoms with E-state index in [1.54, 1.807) is 0 Å². The lowest BCUT2D eigenvalue weighted by atomic mass is 10.2. The summed E-state index contributed by atoms with van der Waals surface area (Å²) in [5, 5.41) is 4.52. The van der Waals surface area contributed by atoms with Crippen LogP contribution in [0.3, 0.4) is 0 Å². The van der Waals surface area contributed by atoms with Crippen LogP contribution in [0.2, 0.25) is 0 Å². The van der Waals surface area contributed by atoms with Crippen LogP contribution in [0.25, 0.3) is 0 Å². The van der Waals surface area contributed by atoms with Crippen molar-refractivity contribution < 1.29 is 27.5 Å². The van der Waals surface area contributed by atoms with Crippen molar-refractivity contribution in [1.29, 1.82) is 0 Å². The molecule has 0 atom stereocenters. The van der Waals surface area contributed by atoms with E-state index < -0.39 is 34.4 Å². The summed E-state index contributed by atoms with van der Waals surface area (Å²) in [6.45, 7) is 1.79. The molecule has 0 fully saturated rings. The summed E-state index contributed by atoms with van der Waals surface area (Å²) in [6, 6.07) is 4.46. The van der Waals surface area contributed by atoms with Gasteiger partial charge in [0.15, 0.2) is 16.4 Å². The third-order valence-corrected chi connectivity index (χ3v) is 4.05. The molecule has 0 aromatic heterocycles. The summed E-state index contributed by atoms with van der Waals surface area (Å²) in [6.07, 6.45) is 2.75. The first-order valence-corrected chi connectivity index (χ1v) is 9.18. The van der Waals surface area contributed by atoms with Crippen LogP contribution in [0.5, 0.6) is 0 Å². The van der Waals surface area contributed by atoms with Crippen LogP contribution in [0.15, 0.2) is 29.2 Å². The van der Waals surface area contributed by atoms with Gasteiger partial charge in [-0.3, -0.25) is 10.1 Å². The Morgan fingerprint density at radius 3 is 2.29 bits per heavy atom. The third-order valence-electron chi connectivity index (χ3n) is 2.92. The Bertz CT molecular complexity index is 697. The Kier molecular flexibility index (Phi) is 7.37. The third kappa shape index (κ3) is 6.78. The molecule has 9 heteroatoms. The molecule has 0 aliphatic heterocycles. The molecular weight excluding hydrogens is 336 g/mol. The van der Waals surface area contributed by atoms with Crippen molar-refractivity contribution in [2.24, 2.45) is 0 Å². The lowest BCUT2D eigenvalue weighted by molar-refractivity contribution is -0.123. The number of nitrogens with one attached hydrogen (secondary N) is 2. The minimum absolute atomic E-state index is 0.0699. The van der Waals surface area contributed by atoms with Gasteiger partial charge in [-0.2, -0.15) is 0 Å². The minimum atomic E-state index is -3.35. The second-order valence-corrected chi connectivity index (χ2v) is 7.05. The molecule has 1 rings (SSSR count). The fourth-order valence-electron chi connectivity index (χ4n) is 1.64. The van der Waals surface area contributed by atoms with Crippen LogP contribution in [0.1, 0.15) is 30.1 Å². The quantitative estimate of drug-likeness (QED) is 0.553. The van der Waals surface area contributed by atoms with Crippen molar-refractivity contribution >= 4 is 27.7 Å². The Balaban J connectivity index is 2.45. The number of unbranched alkanes of at least 4 members (excludes halogenated alkanes) is 1. The zero-order chi connectivity index (χ0) is 18.2. The van der Waals surface area contributed by atoms with E-state index in [-0.39, 0.29) is 10.5 Å². The predicted octanol–water partition coefficient (Wildman–Crippen LogP) is 0.873. The molecule has 1 aromatic carbocycles. The lowest BCUT2D eigenvalue weighted by Gasteiger charge is -2.07. The van der Waals surface area contributed by atoms with Crippen molar-refractivity contribution in [3.05, 3.63) is 29.8 Å². The molecule has 3 amide bonds. The highest BCUT2D eigenvalue weighted by Gasteiger charge is 2.13. The van der Waals surface area contributed by atoms with Gasteiger partial charge in [0.2, 0.25) is 0 Å². The van der Waals surface area contributed by atoms with Gasteiger partial charge in [0.25, 0.3) is 5.91 Å². The normalized spacial score (nSPS) is 10.8. The average Bonchev–Trinajstić information content (AvgIpc) is 2.52. The smallest absolute Gasteiger partial charge is 0.338 e. The topological polar surface area (TPSA) is 119 Å². The maximum atomic E-state index is 11.8. The van der Waals surface area contributed by atoms with E-state index in [9.17, 15) is 22.8 Å². The average molecular weight is 356 g/mol. The summed E-state index contributed by atoms with van der Waals surface area (Å²) in [7, 11) is -3.35. The zero-order valence-electron chi connectivity index (χ0n) is 13.5. The van der Waals surface area contributed by atoms with E-state index in [0.717, 1.165) is 19.1 Å². The van der Waals surface area contributed by atoms with Crippen molar-refractivity contribution in [3.63, 3.8) is 0 Å². The van der Waals surface area contributed by atoms with Crippen LogP contribution >= 0.6 is 0 Å². The molecule has 0 heterocycles. The van der Waals surface area contributed by atoms with Gasteiger partial charge in [-0.1, -0.05) is 13.3 Å². The van der Waals surface area contributed by atoms with Gasteiger partial charge in [0.1, 0.15) is 0 Å². The Labute approximate surface area is 140 Å². The standard InChI is InChI=1S/C15H20N2O6S/c1-3-4-9-16-15(20)17-13(18)10-23-14(19)11-5-7-12(8-6-11)24(2,21)22/h5-8H,3-4,9-10H2,1-2H3,(H2,16,17,18,20). The first-order valence-electron chi connectivity index (χ1n) is 7.29. The van der Waals surface area contributed by atoms with Gasteiger partial charge >= 0.3 is 12.0 Å². The van der Waals surface area contributed by atoms with E-state index in [4.69, 9.17) is 4.74 Å². The SMILES string of the molecule is CCCCNC(=O)NC(=O)COC(=O)c1ccc(S(C)(=O)=O)cc1. The van der Waals surface area contributed by atoms with Crippen molar-refractivity contribution in [2.75, 3.05) is 19.4 Å². The van der Waals surface area contributed by atoms with Gasteiger partial charge in [0.05, 0.1) is 10.5 Å². The molecule has 0 aliphatic rings. The number of hydrogen-bond donors (Lipinski definition) is 2. The van der Waals surface area contributed by atoms with Crippen LogP contribution in [0.4, 0.5) is 4.79 Å². The summed E-state index contributed by atoms with van der Waals surface area (Å²) in [5.41, 5.74) is 0.0996. The number of carbonyl (C=O) groups is 3. The Hall–Kier alpha value is -2.42. The largest absolute Gasteiger partial charge is 0.452 e. The highest BCUT2D eigenvalue weighted by Crippen LogP contribution is 2.11. The molecule has 0 unspecified atom stereocenters. The predicted molar refractivity (Wildman–Crippen MR) is 86.3 cm³/mol. The molecule has 8 nitrogen and oxygen atoms in total. The van der Waals surface area contributed by atoms with Gasteiger partial charge in [-0.15, -0.1) is 0 Å². The molecule has 0 saturated heterocycles. The first-order chi connectivity index (χ1) is 11.2. The van der Waals surface area contributed by atoms with Gasteiger partial charge in [0, 0.05) is 12.8 Å². The zero-order valence-corrected chi connectivity index (χ0v) is 14.3. The Morgan fingerprint density at radius 2 is 1.75 bits per heavy atom. The van der Waals surface area contributed by atoms with Gasteiger partial charge < -0.3 is 10.1 Å². The van der Waals surface area contributed by atoms with Crippen LogP contribution in [-0.2, 0) is 19.4 Å². The molecule has 132 valence electrons. The number of benzene rings is 1. The summed E-state index contributed by atoms with van der Waals surface area (Å²) in [5.74, 6) is -1.55. The number of urea groups is 1. The minimum Gasteiger partial charge on any atom is -0.452 e. The van der Waals surface area contributed by atoms with Crippen LogP contribution < -0.4 is 10.6 Å². The fraction of sp³-hybridized carbons (Fsp3) is 0.400. The van der Waals surface area contributed by atoms with Gasteiger partial charge in [-0.25, -0.2) is 18.0 Å². The number of imide groups is 1. The maximum Gasteiger partial charge on any atom is 0.338 e. The molecule has 0 bridgehead atoms. The van der Waals surface area contributed by atoms with Crippen molar-refractivity contribution in [2.45, 2.75) is 24.7 Å². The van der Waals surface area contributed by atoms with Crippen LogP contribution in [-0.4, -0.2) is 45.7 Å². The summed E-state index contributed by atoms with van der Waals surface area (Å²) < 4.78 is 27.4. The second-order valence-electron chi connectivity index (χ2n) is 5.03. The van der Waals surface area contributed by atoms with Crippen LogP contribution in [0, 0.1) is 0 Å². The van der Waals surface area contributed by atoms with Crippen molar-refractivity contribution in [3.8, 4) is 0 Å². The first kappa shape index (κ1) is 19.6. The van der Waals surface area contributed by atoms with E-state index >= 15 is 0 Å². The number of sulfone groups is 1. The number of esters is 1. The molecular formula is C15H20N2O6S. The second kappa shape index (κ2) is 9.02. The number of hydrogen-bond acceptors (Lipinski definition) is 6. The summed E-state index contributed by atoms with van der Waals surface area (Å²) >= 11 is 0. The summed E-state index contributed by atoms with van der Waals surface area (Å²) in [4.78, 5) is 34.6. The van der Waals surface area contributed by atoms with Gasteiger partial charge in [-0.05, 0) is 30.7 Å². The number of ether oxygens (including phenoxy) is 1. The monoisotopic (exact) mass is 356 g/mol. The fourth-order valence-corrected chi connectivity index (χ4v) is 2.27.